The molecular weight excluding hydrogens is 326 g/mol. The number of hydrogen-bond acceptors (Lipinski definition) is 6. The van der Waals surface area contributed by atoms with E-state index in [-0.39, 0.29) is 10.6 Å². The largest absolute Gasteiger partial charge is 0.398 e. The fourth-order valence-corrected chi connectivity index (χ4v) is 4.58. The summed E-state index contributed by atoms with van der Waals surface area (Å²) in [7, 11) is -3.79. The number of aromatic nitrogens is 1. The highest BCUT2D eigenvalue weighted by atomic mass is 32.2. The number of primary sulfonamides is 1. The molecule has 0 bridgehead atoms. The minimum atomic E-state index is -3.79. The Bertz CT molecular complexity index is 886. The third-order valence-corrected chi connectivity index (χ3v) is 5.84. The summed E-state index contributed by atoms with van der Waals surface area (Å²) in [4.78, 5) is 5.27. The summed E-state index contributed by atoms with van der Waals surface area (Å²) < 4.78 is 24.6. The van der Waals surface area contributed by atoms with Crippen molar-refractivity contribution in [3.63, 3.8) is 0 Å². The molecule has 108 valence electrons. The van der Waals surface area contributed by atoms with Crippen LogP contribution in [0.15, 0.2) is 56.6 Å². The molecule has 21 heavy (non-hydrogen) atoms. The molecule has 1 heterocycles. The molecule has 8 heteroatoms. The molecule has 0 aliphatic carbocycles. The van der Waals surface area contributed by atoms with E-state index >= 15 is 0 Å². The molecule has 3 rings (SSSR count). The number of nitrogen functional groups attached to an aromatic ring is 1. The van der Waals surface area contributed by atoms with E-state index in [0.717, 1.165) is 19.5 Å². The Hall–Kier alpha value is -1.61. The topological polar surface area (TPSA) is 99.1 Å². The van der Waals surface area contributed by atoms with E-state index in [1.165, 1.54) is 17.8 Å². The molecule has 0 saturated carbocycles. The second-order valence-corrected chi connectivity index (χ2v) is 8.18. The number of anilines is 1. The zero-order valence-corrected chi connectivity index (χ0v) is 13.1. The van der Waals surface area contributed by atoms with Crippen molar-refractivity contribution in [2.24, 2.45) is 5.14 Å². The number of hydrogen-bond donors (Lipinski definition) is 2. The van der Waals surface area contributed by atoms with Gasteiger partial charge in [-0.3, -0.25) is 0 Å². The van der Waals surface area contributed by atoms with Gasteiger partial charge in [0.1, 0.15) is 4.90 Å². The van der Waals surface area contributed by atoms with Gasteiger partial charge >= 0.3 is 0 Å². The molecular formula is C13H11N3O2S3. The van der Waals surface area contributed by atoms with Crippen LogP contribution in [0, 0.1) is 0 Å². The number of nitrogens with two attached hydrogens (primary N) is 2. The summed E-state index contributed by atoms with van der Waals surface area (Å²) in [6, 6.07) is 12.6. The van der Waals surface area contributed by atoms with Gasteiger partial charge < -0.3 is 5.73 Å². The Morgan fingerprint density at radius 3 is 2.57 bits per heavy atom. The first-order chi connectivity index (χ1) is 9.93. The first-order valence-electron chi connectivity index (χ1n) is 5.89. The van der Waals surface area contributed by atoms with E-state index in [4.69, 9.17) is 10.9 Å². The van der Waals surface area contributed by atoms with Gasteiger partial charge in [0.15, 0.2) is 4.34 Å². The number of benzene rings is 2. The van der Waals surface area contributed by atoms with Crippen LogP contribution in [0.2, 0.25) is 0 Å². The molecule has 2 aromatic carbocycles. The summed E-state index contributed by atoms with van der Waals surface area (Å²) in [6.45, 7) is 0. The predicted octanol–water partition coefficient (Wildman–Crippen LogP) is 2.68. The van der Waals surface area contributed by atoms with Gasteiger partial charge in [-0.2, -0.15) is 0 Å². The van der Waals surface area contributed by atoms with Gasteiger partial charge in [-0.05, 0) is 30.3 Å². The van der Waals surface area contributed by atoms with E-state index in [2.05, 4.69) is 4.98 Å². The van der Waals surface area contributed by atoms with Crippen LogP contribution in [0.5, 0.6) is 0 Å². The van der Waals surface area contributed by atoms with Crippen molar-refractivity contribution < 1.29 is 8.42 Å². The molecule has 0 fully saturated rings. The van der Waals surface area contributed by atoms with Crippen molar-refractivity contribution >= 4 is 49.0 Å². The van der Waals surface area contributed by atoms with Gasteiger partial charge in [-0.1, -0.05) is 23.9 Å². The van der Waals surface area contributed by atoms with Crippen molar-refractivity contribution in [2.75, 3.05) is 5.73 Å². The molecule has 0 radical (unpaired) electrons. The zero-order valence-electron chi connectivity index (χ0n) is 10.7. The highest BCUT2D eigenvalue weighted by Crippen LogP contribution is 2.35. The quantitative estimate of drug-likeness (QED) is 0.716. The lowest BCUT2D eigenvalue weighted by molar-refractivity contribution is 0.598. The van der Waals surface area contributed by atoms with Gasteiger partial charge in [0.05, 0.1) is 15.9 Å². The van der Waals surface area contributed by atoms with E-state index in [1.54, 1.807) is 23.5 Å². The van der Waals surface area contributed by atoms with Crippen molar-refractivity contribution in [1.82, 2.24) is 4.98 Å². The summed E-state index contributed by atoms with van der Waals surface area (Å²) >= 11 is 3.01. The lowest BCUT2D eigenvalue weighted by atomic mass is 10.3. The summed E-state index contributed by atoms with van der Waals surface area (Å²) in [5, 5.41) is 5.09. The number of nitrogens with zero attached hydrogens (tertiary/aromatic N) is 1. The number of thiazole rings is 1. The van der Waals surface area contributed by atoms with Crippen LogP contribution in [0.1, 0.15) is 0 Å². The second-order valence-electron chi connectivity index (χ2n) is 4.29. The van der Waals surface area contributed by atoms with Crippen molar-refractivity contribution in [1.29, 1.82) is 0 Å². The Labute approximate surface area is 130 Å². The van der Waals surface area contributed by atoms with Gasteiger partial charge in [-0.15, -0.1) is 11.3 Å². The highest BCUT2D eigenvalue weighted by Gasteiger charge is 2.13. The van der Waals surface area contributed by atoms with Crippen LogP contribution in [0.4, 0.5) is 5.69 Å². The Kier molecular flexibility index (Phi) is 3.62. The molecule has 0 aliphatic heterocycles. The summed E-state index contributed by atoms with van der Waals surface area (Å²) in [5.41, 5.74) is 6.83. The number of para-hydroxylation sites is 1. The highest BCUT2D eigenvalue weighted by molar-refractivity contribution is 8.01. The van der Waals surface area contributed by atoms with Crippen LogP contribution in [-0.4, -0.2) is 13.4 Å². The monoisotopic (exact) mass is 337 g/mol. The van der Waals surface area contributed by atoms with E-state index in [0.29, 0.717) is 0 Å². The predicted molar refractivity (Wildman–Crippen MR) is 86.0 cm³/mol. The normalized spacial score (nSPS) is 11.9. The molecule has 0 spiro atoms. The molecule has 0 atom stereocenters. The first kappa shape index (κ1) is 14.3. The maximum Gasteiger partial charge on any atom is 0.240 e. The van der Waals surface area contributed by atoms with Crippen LogP contribution in [0.25, 0.3) is 10.2 Å². The fraction of sp³-hybridized carbons (Fsp3) is 0. The number of sulfonamides is 1. The average Bonchev–Trinajstić information content (AvgIpc) is 2.79. The van der Waals surface area contributed by atoms with Gasteiger partial charge in [0, 0.05) is 4.90 Å². The van der Waals surface area contributed by atoms with Crippen molar-refractivity contribution in [3.8, 4) is 0 Å². The molecule has 1 aromatic heterocycles. The number of fused-ring (bicyclic) bond motifs is 1. The van der Waals surface area contributed by atoms with Gasteiger partial charge in [-0.25, -0.2) is 18.5 Å². The lowest BCUT2D eigenvalue weighted by Crippen LogP contribution is -2.14. The lowest BCUT2D eigenvalue weighted by Gasteiger charge is -2.05. The van der Waals surface area contributed by atoms with E-state index < -0.39 is 10.0 Å². The Balaban J connectivity index is 1.93. The summed E-state index contributed by atoms with van der Waals surface area (Å²) in [6.07, 6.45) is 0. The first-order valence-corrected chi connectivity index (χ1v) is 9.07. The minimum absolute atomic E-state index is 0.0591. The second kappa shape index (κ2) is 5.30. The van der Waals surface area contributed by atoms with E-state index in [1.807, 2.05) is 24.3 Å². The fourth-order valence-electron chi connectivity index (χ4n) is 1.84. The standard InChI is InChI=1S/C13H11N3O2S3/c14-9-7-8(5-6-12(9)21(15,17)18)19-13-16-10-3-1-2-4-11(10)20-13/h1-7H,14H2,(H2,15,17,18). The molecule has 3 aromatic rings. The van der Waals surface area contributed by atoms with Gasteiger partial charge in [0.25, 0.3) is 0 Å². The zero-order chi connectivity index (χ0) is 15.0. The van der Waals surface area contributed by atoms with Crippen molar-refractivity contribution in [3.05, 3.63) is 42.5 Å². The molecule has 0 saturated heterocycles. The third-order valence-electron chi connectivity index (χ3n) is 2.77. The number of rotatable bonds is 3. The Morgan fingerprint density at radius 2 is 1.90 bits per heavy atom. The third kappa shape index (κ3) is 3.03. The van der Waals surface area contributed by atoms with Gasteiger partial charge in [0.2, 0.25) is 10.0 Å². The van der Waals surface area contributed by atoms with Crippen LogP contribution >= 0.6 is 23.1 Å². The van der Waals surface area contributed by atoms with E-state index in [9.17, 15) is 8.42 Å². The van der Waals surface area contributed by atoms with Crippen molar-refractivity contribution in [2.45, 2.75) is 14.1 Å². The van der Waals surface area contributed by atoms with Crippen LogP contribution < -0.4 is 10.9 Å². The van der Waals surface area contributed by atoms with Crippen LogP contribution in [-0.2, 0) is 10.0 Å². The minimum Gasteiger partial charge on any atom is -0.398 e. The Morgan fingerprint density at radius 1 is 1.14 bits per heavy atom. The van der Waals surface area contributed by atoms with Crippen LogP contribution in [0.3, 0.4) is 0 Å². The molecule has 0 aliphatic rings. The summed E-state index contributed by atoms with van der Waals surface area (Å²) in [5.74, 6) is 0. The molecule has 0 amide bonds. The average molecular weight is 337 g/mol. The smallest absolute Gasteiger partial charge is 0.240 e. The SMILES string of the molecule is Nc1cc(Sc2nc3ccccc3s2)ccc1S(N)(=O)=O. The maximum absolute atomic E-state index is 11.3. The molecule has 5 nitrogen and oxygen atoms in total. The maximum atomic E-state index is 11.3. The molecule has 0 unspecified atom stereocenters. The molecule has 4 N–H and O–H groups in total.